The summed E-state index contributed by atoms with van der Waals surface area (Å²) in [5, 5.41) is 2.17. The summed E-state index contributed by atoms with van der Waals surface area (Å²) in [4.78, 5) is 14.7. The monoisotopic (exact) mass is 261 g/mol. The number of hydrogen-bond donors (Lipinski definition) is 2. The van der Waals surface area contributed by atoms with Gasteiger partial charge in [0, 0.05) is 24.0 Å². The zero-order valence-electron chi connectivity index (χ0n) is 10.2. The van der Waals surface area contributed by atoms with E-state index >= 15 is 0 Å². The van der Waals surface area contributed by atoms with Crippen molar-refractivity contribution in [3.8, 4) is 11.5 Å². The van der Waals surface area contributed by atoms with Gasteiger partial charge in [-0.2, -0.15) is 0 Å². The molecule has 0 saturated carbocycles. The Morgan fingerprint density at radius 3 is 2.68 bits per heavy atom. The lowest BCUT2D eigenvalue weighted by Crippen LogP contribution is -2.19. The molecule has 98 valence electrons. The summed E-state index contributed by atoms with van der Waals surface area (Å²) in [6.45, 7) is 1.83. The van der Waals surface area contributed by atoms with E-state index in [2.05, 4.69) is 10.3 Å². The van der Waals surface area contributed by atoms with Gasteiger partial charge in [-0.15, -0.1) is 0 Å². The molecule has 1 aromatic heterocycles. The molecule has 0 unspecified atom stereocenters. The van der Waals surface area contributed by atoms with Crippen molar-refractivity contribution >= 4 is 11.7 Å². The maximum Gasteiger partial charge on any atom is 0.316 e. The average Bonchev–Trinajstić information content (AvgIpc) is 2.32. The summed E-state index contributed by atoms with van der Waals surface area (Å²) in [7, 11) is 0. The van der Waals surface area contributed by atoms with Gasteiger partial charge < -0.3 is 15.8 Å². The smallest absolute Gasteiger partial charge is 0.316 e. The second-order valence-corrected chi connectivity index (χ2v) is 3.87. The topological polar surface area (TPSA) is 77.2 Å². The van der Waals surface area contributed by atoms with Crippen LogP contribution in [-0.4, -0.2) is 11.0 Å². The van der Waals surface area contributed by atoms with Gasteiger partial charge in [-0.05, 0) is 25.1 Å². The third kappa shape index (κ3) is 3.41. The SMILES string of the molecule is Cc1cc(Oc2ccc(NC(N)=O)c(F)c2)ccn1. The Morgan fingerprint density at radius 2 is 2.05 bits per heavy atom. The van der Waals surface area contributed by atoms with E-state index in [1.165, 1.54) is 18.2 Å². The second-order valence-electron chi connectivity index (χ2n) is 3.87. The first-order chi connectivity index (χ1) is 9.04. The van der Waals surface area contributed by atoms with Crippen molar-refractivity contribution in [3.63, 3.8) is 0 Å². The van der Waals surface area contributed by atoms with Crippen LogP contribution in [0.1, 0.15) is 5.69 Å². The normalized spacial score (nSPS) is 10.0. The number of nitrogens with zero attached hydrogens (tertiary/aromatic N) is 1. The van der Waals surface area contributed by atoms with E-state index in [-0.39, 0.29) is 5.69 Å². The molecular formula is C13H12FN3O2. The Bertz CT molecular complexity index is 617. The summed E-state index contributed by atoms with van der Waals surface area (Å²) in [6.07, 6.45) is 1.60. The maximum atomic E-state index is 13.6. The molecule has 0 fully saturated rings. The van der Waals surface area contributed by atoms with Crippen LogP contribution in [-0.2, 0) is 0 Å². The number of halogens is 1. The van der Waals surface area contributed by atoms with Crippen molar-refractivity contribution in [2.75, 3.05) is 5.32 Å². The van der Waals surface area contributed by atoms with Crippen molar-refractivity contribution in [3.05, 3.63) is 48.0 Å². The molecule has 0 atom stereocenters. The Morgan fingerprint density at radius 1 is 1.32 bits per heavy atom. The molecule has 0 aliphatic carbocycles. The number of ether oxygens (including phenoxy) is 1. The number of primary amides is 1. The van der Waals surface area contributed by atoms with Gasteiger partial charge in [0.25, 0.3) is 0 Å². The molecule has 19 heavy (non-hydrogen) atoms. The Hall–Kier alpha value is -2.63. The number of carbonyl (C=O) groups is 1. The molecule has 0 aliphatic heterocycles. The molecule has 6 heteroatoms. The highest BCUT2D eigenvalue weighted by atomic mass is 19.1. The predicted molar refractivity (Wildman–Crippen MR) is 68.7 cm³/mol. The summed E-state index contributed by atoms with van der Waals surface area (Å²) in [5.41, 5.74) is 5.72. The zero-order valence-corrected chi connectivity index (χ0v) is 10.2. The molecule has 0 radical (unpaired) electrons. The quantitative estimate of drug-likeness (QED) is 0.891. The van der Waals surface area contributed by atoms with Crippen LogP contribution in [0.25, 0.3) is 0 Å². The molecule has 0 aliphatic rings. The lowest BCUT2D eigenvalue weighted by atomic mass is 10.3. The molecule has 1 heterocycles. The fraction of sp³-hybridized carbons (Fsp3) is 0.0769. The van der Waals surface area contributed by atoms with Crippen molar-refractivity contribution in [2.24, 2.45) is 5.73 Å². The summed E-state index contributed by atoms with van der Waals surface area (Å²) in [6, 6.07) is 6.65. The van der Waals surface area contributed by atoms with Crippen LogP contribution in [0.2, 0.25) is 0 Å². The lowest BCUT2D eigenvalue weighted by Gasteiger charge is -2.08. The number of nitrogens with one attached hydrogen (secondary N) is 1. The van der Waals surface area contributed by atoms with Gasteiger partial charge in [0.1, 0.15) is 17.3 Å². The zero-order chi connectivity index (χ0) is 13.8. The second kappa shape index (κ2) is 5.34. The Balaban J connectivity index is 2.18. The van der Waals surface area contributed by atoms with Gasteiger partial charge >= 0.3 is 6.03 Å². The number of anilines is 1. The number of urea groups is 1. The van der Waals surface area contributed by atoms with Gasteiger partial charge in [-0.3, -0.25) is 4.98 Å². The van der Waals surface area contributed by atoms with E-state index in [9.17, 15) is 9.18 Å². The molecule has 3 N–H and O–H groups in total. The van der Waals surface area contributed by atoms with Gasteiger partial charge in [-0.25, -0.2) is 9.18 Å². The van der Waals surface area contributed by atoms with Crippen LogP contribution in [0.5, 0.6) is 11.5 Å². The van der Waals surface area contributed by atoms with Crippen LogP contribution < -0.4 is 15.8 Å². The number of aryl methyl sites for hydroxylation is 1. The third-order valence-corrected chi connectivity index (χ3v) is 2.30. The first kappa shape index (κ1) is 12.8. The van der Waals surface area contributed by atoms with Crippen LogP contribution >= 0.6 is 0 Å². The highest BCUT2D eigenvalue weighted by Gasteiger charge is 2.06. The van der Waals surface area contributed by atoms with Crippen LogP contribution in [0.4, 0.5) is 14.9 Å². The molecule has 0 bridgehead atoms. The number of amides is 2. The number of pyridine rings is 1. The van der Waals surface area contributed by atoms with Crippen LogP contribution in [0, 0.1) is 12.7 Å². The van der Waals surface area contributed by atoms with E-state index < -0.39 is 11.8 Å². The fourth-order valence-corrected chi connectivity index (χ4v) is 1.51. The van der Waals surface area contributed by atoms with Crippen molar-refractivity contribution in [2.45, 2.75) is 6.92 Å². The number of benzene rings is 1. The van der Waals surface area contributed by atoms with Gasteiger partial charge in [0.2, 0.25) is 0 Å². The first-order valence-corrected chi connectivity index (χ1v) is 5.51. The number of nitrogens with two attached hydrogens (primary N) is 1. The van der Waals surface area contributed by atoms with Crippen LogP contribution in [0.15, 0.2) is 36.5 Å². The molecule has 2 rings (SSSR count). The standard InChI is InChI=1S/C13H12FN3O2/c1-8-6-10(4-5-16-8)19-9-2-3-12(11(14)7-9)17-13(15)18/h2-7H,1H3,(H3,15,17,18). The number of rotatable bonds is 3. The fourth-order valence-electron chi connectivity index (χ4n) is 1.51. The maximum absolute atomic E-state index is 13.6. The Labute approximate surface area is 109 Å². The highest BCUT2D eigenvalue weighted by Crippen LogP contribution is 2.25. The van der Waals surface area contributed by atoms with Crippen LogP contribution in [0.3, 0.4) is 0 Å². The van der Waals surface area contributed by atoms with Crippen molar-refractivity contribution in [1.82, 2.24) is 4.98 Å². The predicted octanol–water partition coefficient (Wildman–Crippen LogP) is 2.81. The Kier molecular flexibility index (Phi) is 3.61. The van der Waals surface area contributed by atoms with Crippen molar-refractivity contribution in [1.29, 1.82) is 0 Å². The third-order valence-electron chi connectivity index (χ3n) is 2.30. The molecule has 0 saturated heterocycles. The van der Waals surface area contributed by atoms with E-state index in [0.29, 0.717) is 11.5 Å². The molecule has 0 spiro atoms. The number of carbonyl (C=O) groups excluding carboxylic acids is 1. The largest absolute Gasteiger partial charge is 0.457 e. The molecule has 2 amide bonds. The molecular weight excluding hydrogens is 249 g/mol. The molecule has 2 aromatic rings. The number of hydrogen-bond acceptors (Lipinski definition) is 3. The average molecular weight is 261 g/mol. The summed E-state index contributed by atoms with van der Waals surface area (Å²) >= 11 is 0. The first-order valence-electron chi connectivity index (χ1n) is 5.51. The van der Waals surface area contributed by atoms with Gasteiger partial charge in [-0.1, -0.05) is 0 Å². The highest BCUT2D eigenvalue weighted by molar-refractivity contribution is 5.87. The minimum absolute atomic E-state index is 0.00533. The lowest BCUT2D eigenvalue weighted by molar-refractivity contribution is 0.259. The van der Waals surface area contributed by atoms with Crippen molar-refractivity contribution < 1.29 is 13.9 Å². The van der Waals surface area contributed by atoms with E-state index in [0.717, 1.165) is 5.69 Å². The minimum Gasteiger partial charge on any atom is -0.457 e. The molecule has 5 nitrogen and oxygen atoms in total. The summed E-state index contributed by atoms with van der Waals surface area (Å²) < 4.78 is 19.1. The van der Waals surface area contributed by atoms with Gasteiger partial charge in [0.15, 0.2) is 0 Å². The summed E-state index contributed by atoms with van der Waals surface area (Å²) in [5.74, 6) is 0.253. The van der Waals surface area contributed by atoms with E-state index in [4.69, 9.17) is 10.5 Å². The molecule has 1 aromatic carbocycles. The van der Waals surface area contributed by atoms with Gasteiger partial charge in [0.05, 0.1) is 5.69 Å². The van der Waals surface area contributed by atoms with E-state index in [1.807, 2.05) is 6.92 Å². The van der Waals surface area contributed by atoms with E-state index in [1.54, 1.807) is 18.3 Å². The minimum atomic E-state index is -0.822. The number of aromatic nitrogens is 1.